The van der Waals surface area contributed by atoms with Crippen molar-refractivity contribution in [2.75, 3.05) is 33.8 Å². The Hall–Kier alpha value is -2.56. The van der Waals surface area contributed by atoms with Crippen LogP contribution in [0.25, 0.3) is 0 Å². The van der Waals surface area contributed by atoms with E-state index in [2.05, 4.69) is 15.6 Å². The maximum absolute atomic E-state index is 13.9. The summed E-state index contributed by atoms with van der Waals surface area (Å²) in [5.74, 6) is 0.342. The Morgan fingerprint density at radius 3 is 2.50 bits per heavy atom. The van der Waals surface area contributed by atoms with E-state index >= 15 is 0 Å². The van der Waals surface area contributed by atoms with E-state index in [1.54, 1.807) is 24.3 Å². The van der Waals surface area contributed by atoms with Crippen LogP contribution in [0.1, 0.15) is 22.8 Å². The summed E-state index contributed by atoms with van der Waals surface area (Å²) >= 11 is 0. The van der Waals surface area contributed by atoms with Gasteiger partial charge in [-0.15, -0.1) is 24.0 Å². The summed E-state index contributed by atoms with van der Waals surface area (Å²) in [6.07, 6.45) is 0. The van der Waals surface area contributed by atoms with E-state index in [0.717, 1.165) is 5.56 Å². The van der Waals surface area contributed by atoms with Crippen molar-refractivity contribution in [3.63, 3.8) is 0 Å². The zero-order valence-electron chi connectivity index (χ0n) is 17.3. The Morgan fingerprint density at radius 2 is 1.90 bits per heavy atom. The smallest absolute Gasteiger partial charge is 0.251 e. The number of amides is 1. The van der Waals surface area contributed by atoms with Gasteiger partial charge >= 0.3 is 0 Å². The molecule has 0 heterocycles. The van der Waals surface area contributed by atoms with Gasteiger partial charge in [-0.3, -0.25) is 9.79 Å². The molecule has 0 atom stereocenters. The molecule has 2 rings (SSSR count). The summed E-state index contributed by atoms with van der Waals surface area (Å²) in [5, 5.41) is 15.2. The maximum atomic E-state index is 13.9. The van der Waals surface area contributed by atoms with Crippen molar-refractivity contribution < 1.29 is 19.0 Å². The molecule has 0 aromatic heterocycles. The van der Waals surface area contributed by atoms with Crippen molar-refractivity contribution in [3.05, 3.63) is 59.4 Å². The number of guanidine groups is 1. The second kappa shape index (κ2) is 12.9. The molecule has 9 heteroatoms. The summed E-state index contributed by atoms with van der Waals surface area (Å²) in [5.41, 5.74) is 1.26. The van der Waals surface area contributed by atoms with Crippen molar-refractivity contribution in [2.24, 2.45) is 4.99 Å². The number of nitrogens with zero attached hydrogens (tertiary/aromatic N) is 2. The Labute approximate surface area is 193 Å². The van der Waals surface area contributed by atoms with Crippen molar-refractivity contribution in [3.8, 4) is 11.5 Å². The number of methoxy groups -OCH3 is 1. The summed E-state index contributed by atoms with van der Waals surface area (Å²) < 4.78 is 18.8. The molecule has 0 unspecified atom stereocenters. The summed E-state index contributed by atoms with van der Waals surface area (Å²) in [7, 11) is 3.29. The zero-order valence-corrected chi connectivity index (χ0v) is 19.6. The highest BCUT2D eigenvalue weighted by molar-refractivity contribution is 14.0. The van der Waals surface area contributed by atoms with Crippen molar-refractivity contribution in [1.82, 2.24) is 15.5 Å². The second-order valence-electron chi connectivity index (χ2n) is 6.36. The van der Waals surface area contributed by atoms with Crippen LogP contribution >= 0.6 is 24.0 Å². The topological polar surface area (TPSA) is 86.2 Å². The van der Waals surface area contributed by atoms with Crippen LogP contribution < -0.4 is 15.4 Å². The fourth-order valence-corrected chi connectivity index (χ4v) is 2.67. The Balaban J connectivity index is 0.00000450. The van der Waals surface area contributed by atoms with E-state index in [9.17, 15) is 14.3 Å². The van der Waals surface area contributed by atoms with E-state index in [1.807, 2.05) is 18.9 Å². The molecule has 0 radical (unpaired) electrons. The molecule has 0 bridgehead atoms. The molecule has 0 aliphatic heterocycles. The summed E-state index contributed by atoms with van der Waals surface area (Å²) in [6.45, 7) is 3.85. The van der Waals surface area contributed by atoms with Crippen LogP contribution in [0.2, 0.25) is 0 Å². The second-order valence-corrected chi connectivity index (χ2v) is 6.36. The molecule has 164 valence electrons. The third kappa shape index (κ3) is 7.69. The first-order valence-corrected chi connectivity index (χ1v) is 9.33. The van der Waals surface area contributed by atoms with Crippen LogP contribution in [0.3, 0.4) is 0 Å². The van der Waals surface area contributed by atoms with E-state index in [4.69, 9.17) is 4.74 Å². The third-order valence-corrected chi connectivity index (χ3v) is 4.12. The van der Waals surface area contributed by atoms with Crippen LogP contribution in [0.15, 0.2) is 47.5 Å². The Morgan fingerprint density at radius 1 is 1.20 bits per heavy atom. The lowest BCUT2D eigenvalue weighted by Crippen LogP contribution is -2.39. The molecular formula is C21H28FIN4O3. The van der Waals surface area contributed by atoms with Crippen LogP contribution in [0.5, 0.6) is 11.5 Å². The van der Waals surface area contributed by atoms with Gasteiger partial charge in [0.05, 0.1) is 13.7 Å². The van der Waals surface area contributed by atoms with Gasteiger partial charge in [0.2, 0.25) is 0 Å². The summed E-state index contributed by atoms with van der Waals surface area (Å²) in [6, 6.07) is 10.9. The van der Waals surface area contributed by atoms with Crippen molar-refractivity contribution >= 4 is 35.8 Å². The molecule has 0 fully saturated rings. The third-order valence-electron chi connectivity index (χ3n) is 4.12. The van der Waals surface area contributed by atoms with Gasteiger partial charge < -0.3 is 25.4 Å². The lowest BCUT2D eigenvalue weighted by Gasteiger charge is -2.22. The first kappa shape index (κ1) is 25.5. The highest BCUT2D eigenvalue weighted by atomic mass is 127. The molecule has 0 saturated heterocycles. The highest BCUT2D eigenvalue weighted by Gasteiger charge is 2.10. The first-order chi connectivity index (χ1) is 13.9. The van der Waals surface area contributed by atoms with Crippen LogP contribution in [0, 0.1) is 5.82 Å². The minimum atomic E-state index is -0.405. The molecule has 0 aliphatic rings. The minimum absolute atomic E-state index is 0. The van der Waals surface area contributed by atoms with Gasteiger partial charge in [0.1, 0.15) is 5.75 Å². The van der Waals surface area contributed by atoms with E-state index in [-0.39, 0.29) is 41.4 Å². The minimum Gasteiger partial charge on any atom is -0.508 e. The number of rotatable bonds is 8. The molecule has 3 N–H and O–H groups in total. The van der Waals surface area contributed by atoms with Gasteiger partial charge in [-0.25, -0.2) is 4.39 Å². The Bertz CT molecular complexity index is 847. The van der Waals surface area contributed by atoms with Gasteiger partial charge in [-0.1, -0.05) is 6.07 Å². The molecule has 30 heavy (non-hydrogen) atoms. The highest BCUT2D eigenvalue weighted by Crippen LogP contribution is 2.18. The molecule has 0 spiro atoms. The van der Waals surface area contributed by atoms with Crippen LogP contribution in [0.4, 0.5) is 4.39 Å². The largest absolute Gasteiger partial charge is 0.508 e. The predicted octanol–water partition coefficient (Wildman–Crippen LogP) is 2.99. The van der Waals surface area contributed by atoms with Gasteiger partial charge in [-0.2, -0.15) is 0 Å². The normalized spacial score (nSPS) is 10.7. The van der Waals surface area contributed by atoms with Crippen molar-refractivity contribution in [2.45, 2.75) is 13.5 Å². The van der Waals surface area contributed by atoms with Crippen molar-refractivity contribution in [1.29, 1.82) is 0 Å². The fourth-order valence-electron chi connectivity index (χ4n) is 2.67. The number of benzene rings is 2. The molecular weight excluding hydrogens is 502 g/mol. The number of ether oxygens (including phenoxy) is 1. The van der Waals surface area contributed by atoms with Crippen LogP contribution in [-0.4, -0.2) is 55.7 Å². The quantitative estimate of drug-likeness (QED) is 0.212. The van der Waals surface area contributed by atoms with Gasteiger partial charge in [-0.05, 0) is 48.9 Å². The average Bonchev–Trinajstić information content (AvgIpc) is 2.70. The van der Waals surface area contributed by atoms with E-state index in [0.29, 0.717) is 37.7 Å². The molecule has 2 aromatic carbocycles. The number of hydrogen-bond donors (Lipinski definition) is 3. The predicted molar refractivity (Wildman–Crippen MR) is 126 cm³/mol. The maximum Gasteiger partial charge on any atom is 0.251 e. The Kier molecular flexibility index (Phi) is 10.9. The molecule has 0 aliphatic carbocycles. The first-order valence-electron chi connectivity index (χ1n) is 9.33. The summed E-state index contributed by atoms with van der Waals surface area (Å²) in [4.78, 5) is 18.5. The number of phenols is 1. The van der Waals surface area contributed by atoms with E-state index < -0.39 is 5.82 Å². The SMILES string of the molecule is CCNC(=NCCNC(=O)c1ccc(O)cc1)N(C)Cc1ccc(OC)c(F)c1.I. The average molecular weight is 530 g/mol. The number of hydrogen-bond acceptors (Lipinski definition) is 4. The zero-order chi connectivity index (χ0) is 21.2. The molecule has 0 saturated carbocycles. The standard InChI is InChI=1S/C21H27FN4O3.HI/c1-4-23-21(26(2)14-15-5-10-19(29-3)18(22)13-15)25-12-11-24-20(28)16-6-8-17(27)9-7-16;/h5-10,13,27H,4,11-12,14H2,1-3H3,(H,23,25)(H,24,28);1H. The van der Waals surface area contributed by atoms with E-state index in [1.165, 1.54) is 25.3 Å². The number of aromatic hydroxyl groups is 1. The fraction of sp³-hybridized carbons (Fsp3) is 0.333. The van der Waals surface area contributed by atoms with Gasteiger partial charge in [0.25, 0.3) is 5.91 Å². The van der Waals surface area contributed by atoms with Crippen LogP contribution in [-0.2, 0) is 6.54 Å². The lowest BCUT2D eigenvalue weighted by molar-refractivity contribution is 0.0955. The lowest BCUT2D eigenvalue weighted by atomic mass is 10.2. The molecule has 7 nitrogen and oxygen atoms in total. The number of carbonyl (C=O) groups excluding carboxylic acids is 1. The number of halogens is 2. The van der Waals surface area contributed by atoms with Gasteiger partial charge in [0, 0.05) is 32.2 Å². The molecule has 1 amide bonds. The monoisotopic (exact) mass is 530 g/mol. The van der Waals surface area contributed by atoms with Gasteiger partial charge in [0.15, 0.2) is 17.5 Å². The number of phenolic OH excluding ortho intramolecular Hbond substituents is 1. The number of carbonyl (C=O) groups is 1. The molecule has 2 aromatic rings. The number of aliphatic imine (C=N–C) groups is 1. The number of nitrogens with one attached hydrogen (secondary N) is 2.